The molecule has 57 heavy (non-hydrogen) atoms. The molecule has 3 unspecified atom stereocenters. The van der Waals surface area contributed by atoms with E-state index in [-0.39, 0.29) is 10.3 Å². The Morgan fingerprint density at radius 3 is 1.61 bits per heavy atom. The largest absolute Gasteiger partial charge is 0.279 e. The van der Waals surface area contributed by atoms with Crippen LogP contribution in [0.5, 0.6) is 0 Å². The van der Waals surface area contributed by atoms with Crippen molar-refractivity contribution < 1.29 is 12.6 Å². The number of sulfone groups is 1. The van der Waals surface area contributed by atoms with Crippen LogP contribution in [0.2, 0.25) is 0 Å². The number of rotatable bonds is 6. The maximum atomic E-state index is 13.2. The molecule has 0 aliphatic carbocycles. The summed E-state index contributed by atoms with van der Waals surface area (Å²) >= 11 is 0. The van der Waals surface area contributed by atoms with E-state index in [9.17, 15) is 12.6 Å². The van der Waals surface area contributed by atoms with E-state index >= 15 is 0 Å². The predicted molar refractivity (Wildman–Crippen MR) is 228 cm³/mol. The van der Waals surface area contributed by atoms with E-state index in [4.69, 9.17) is 9.98 Å². The van der Waals surface area contributed by atoms with Gasteiger partial charge in [-0.2, -0.15) is 0 Å². The normalized spacial score (nSPS) is 16.4. The lowest BCUT2D eigenvalue weighted by atomic mass is 9.97. The van der Waals surface area contributed by atoms with Crippen molar-refractivity contribution in [2.75, 3.05) is 0 Å². The summed E-state index contributed by atoms with van der Waals surface area (Å²) in [6, 6.07) is 35.4. The van der Waals surface area contributed by atoms with Crippen LogP contribution < -0.4 is 0 Å². The van der Waals surface area contributed by atoms with Crippen LogP contribution in [0.3, 0.4) is 0 Å². The zero-order valence-electron chi connectivity index (χ0n) is 31.4. The van der Waals surface area contributed by atoms with Gasteiger partial charge in [0.1, 0.15) is 10.1 Å². The van der Waals surface area contributed by atoms with Crippen molar-refractivity contribution >= 4 is 53.5 Å². The number of hydrogen-bond acceptors (Lipinski definition) is 9. The zero-order valence-corrected chi connectivity index (χ0v) is 33.0. The molecule has 3 atom stereocenters. The number of aliphatic imine (C=N–C) groups is 4. The van der Waals surface area contributed by atoms with Gasteiger partial charge in [-0.05, 0) is 83.6 Å². The number of pyridine rings is 2. The van der Waals surface area contributed by atoms with E-state index in [1.165, 1.54) is 5.56 Å². The zero-order chi connectivity index (χ0) is 39.1. The SMILES string of the molecule is CC(c1ccccc1)S(=O)(=O)C1=Nc2cc3c(cc2C1)CN=C3c1ccncc1.CC(c1ccccc1)S(=O)C1=Nc2cc3c(cc2C1)CN=C3c1ccncc1. The first kappa shape index (κ1) is 36.6. The van der Waals surface area contributed by atoms with Crippen LogP contribution >= 0.6 is 0 Å². The molecule has 2 aromatic heterocycles. The van der Waals surface area contributed by atoms with Gasteiger partial charge < -0.3 is 0 Å². The molecule has 0 saturated carbocycles. The second-order valence-electron chi connectivity index (χ2n) is 14.4. The monoisotopic (exact) mass is 786 g/mol. The predicted octanol–water partition coefficient (Wildman–Crippen LogP) is 8.72. The molecule has 4 aliphatic rings. The van der Waals surface area contributed by atoms with Crippen molar-refractivity contribution in [1.82, 2.24) is 9.97 Å². The highest BCUT2D eigenvalue weighted by atomic mass is 32.2. The van der Waals surface area contributed by atoms with Gasteiger partial charge in [0.2, 0.25) is 0 Å². The van der Waals surface area contributed by atoms with E-state index < -0.39 is 25.9 Å². The number of fused-ring (bicyclic) bond motifs is 4. The second-order valence-corrected chi connectivity index (χ2v) is 18.4. The van der Waals surface area contributed by atoms with Crippen LogP contribution in [0, 0.1) is 0 Å². The smallest absolute Gasteiger partial charge is 0.198 e. The van der Waals surface area contributed by atoms with E-state index in [0.717, 1.165) is 77.9 Å². The minimum atomic E-state index is -3.53. The Labute approximate surface area is 334 Å². The van der Waals surface area contributed by atoms with Crippen LogP contribution in [-0.2, 0) is 46.6 Å². The minimum Gasteiger partial charge on any atom is -0.279 e. The average Bonchev–Trinajstić information content (AvgIpc) is 4.07. The van der Waals surface area contributed by atoms with Crippen molar-refractivity contribution in [2.45, 2.75) is 50.3 Å². The number of aromatic nitrogens is 2. The molecule has 6 heterocycles. The van der Waals surface area contributed by atoms with Crippen LogP contribution in [0.15, 0.2) is 154 Å². The van der Waals surface area contributed by atoms with Crippen LogP contribution in [0.1, 0.15) is 80.0 Å². The molecule has 0 bridgehead atoms. The molecule has 0 radical (unpaired) electrons. The first-order valence-electron chi connectivity index (χ1n) is 18.9. The molecule has 11 heteroatoms. The maximum Gasteiger partial charge on any atom is 0.198 e. The van der Waals surface area contributed by atoms with Gasteiger partial charge in [-0.25, -0.2) is 18.4 Å². The lowest BCUT2D eigenvalue weighted by Gasteiger charge is -2.12. The summed E-state index contributed by atoms with van der Waals surface area (Å²) in [5, 5.41) is 0.306. The average molecular weight is 787 g/mol. The van der Waals surface area contributed by atoms with Gasteiger partial charge in [0.25, 0.3) is 0 Å². The Morgan fingerprint density at radius 1 is 0.579 bits per heavy atom. The minimum absolute atomic E-state index is 0.0740. The lowest BCUT2D eigenvalue weighted by Crippen LogP contribution is -2.20. The van der Waals surface area contributed by atoms with Gasteiger partial charge in [-0.15, -0.1) is 0 Å². The van der Waals surface area contributed by atoms with Gasteiger partial charge in [0, 0.05) is 59.9 Å². The van der Waals surface area contributed by atoms with E-state index in [2.05, 4.69) is 38.2 Å². The summed E-state index contributed by atoms with van der Waals surface area (Å²) in [5.74, 6) is 0. The first-order valence-corrected chi connectivity index (χ1v) is 21.6. The maximum absolute atomic E-state index is 13.2. The van der Waals surface area contributed by atoms with Gasteiger partial charge >= 0.3 is 0 Å². The molecule has 0 amide bonds. The highest BCUT2D eigenvalue weighted by Crippen LogP contribution is 2.38. The molecular weight excluding hydrogens is 749 g/mol. The standard InChI is InChI=1S/C23H19N3O2S.C23H19N3OS/c1-15(16-5-3-2-4-6-16)29(27,28)22-12-18-11-19-14-25-23(17-7-9-24-10-8-17)20(19)13-21(18)26-22;1-15(16-5-3-2-4-6-16)28(27)22-12-18-11-19-14-25-23(17-7-9-24-10-8-17)20(19)13-21(18)26-22/h2-11,13,15H,12,14H2,1H3;2-11,13,15H,12,14H2,1H3. The summed E-state index contributed by atoms with van der Waals surface area (Å²) < 4.78 is 39.5. The van der Waals surface area contributed by atoms with Crippen molar-refractivity contribution in [2.24, 2.45) is 20.0 Å². The fourth-order valence-electron chi connectivity index (χ4n) is 7.69. The van der Waals surface area contributed by atoms with E-state index in [1.807, 2.05) is 97.9 Å². The summed E-state index contributed by atoms with van der Waals surface area (Å²) in [4.78, 5) is 26.8. The topological polar surface area (TPSA) is 126 Å². The van der Waals surface area contributed by atoms with Gasteiger partial charge in [0.15, 0.2) is 9.84 Å². The third-order valence-corrected chi connectivity index (χ3v) is 14.6. The third kappa shape index (κ3) is 7.02. The Morgan fingerprint density at radius 2 is 1.07 bits per heavy atom. The fourth-order valence-corrected chi connectivity index (χ4v) is 10.5. The molecular formula is C46H38N6O3S2. The fraction of sp³-hybridized carbons (Fsp3) is 0.174. The Kier molecular flexibility index (Phi) is 9.71. The highest BCUT2D eigenvalue weighted by Gasteiger charge is 2.33. The molecule has 0 saturated heterocycles. The van der Waals surface area contributed by atoms with Crippen molar-refractivity contribution in [1.29, 1.82) is 0 Å². The quantitative estimate of drug-likeness (QED) is 0.167. The van der Waals surface area contributed by atoms with Crippen molar-refractivity contribution in [3.63, 3.8) is 0 Å². The summed E-state index contributed by atoms with van der Waals surface area (Å²) in [7, 11) is -4.68. The summed E-state index contributed by atoms with van der Waals surface area (Å²) in [5.41, 5.74) is 14.0. The van der Waals surface area contributed by atoms with Crippen molar-refractivity contribution in [3.8, 4) is 0 Å². The Bertz CT molecular complexity index is 2790. The molecule has 0 spiro atoms. The summed E-state index contributed by atoms with van der Waals surface area (Å²) in [6.07, 6.45) is 8.05. The molecule has 282 valence electrons. The van der Waals surface area contributed by atoms with E-state index in [0.29, 0.717) is 25.9 Å². The first-order chi connectivity index (χ1) is 27.7. The van der Waals surface area contributed by atoms with Crippen molar-refractivity contribution in [3.05, 3.63) is 190 Å². The molecule has 4 aromatic carbocycles. The molecule has 10 rings (SSSR count). The molecule has 9 nitrogen and oxygen atoms in total. The highest BCUT2D eigenvalue weighted by molar-refractivity contribution is 8.06. The Hall–Kier alpha value is -6.04. The molecule has 0 fully saturated rings. The summed E-state index contributed by atoms with van der Waals surface area (Å²) in [6.45, 7) is 5.01. The van der Waals surface area contributed by atoms with Gasteiger partial charge in [-0.3, -0.25) is 24.2 Å². The number of benzene rings is 4. The Balaban J connectivity index is 0.000000148. The van der Waals surface area contributed by atoms with Crippen LogP contribution in [0.25, 0.3) is 0 Å². The number of nitrogens with zero attached hydrogens (tertiary/aromatic N) is 6. The second kappa shape index (κ2) is 15.1. The number of hydrogen-bond donors (Lipinski definition) is 0. The molecule has 4 aliphatic heterocycles. The lowest BCUT2D eigenvalue weighted by molar-refractivity contribution is 0.597. The van der Waals surface area contributed by atoms with Gasteiger partial charge in [0.05, 0.1) is 57.2 Å². The van der Waals surface area contributed by atoms with Crippen LogP contribution in [0.4, 0.5) is 11.4 Å². The van der Waals surface area contributed by atoms with E-state index in [1.54, 1.807) is 31.7 Å². The molecule has 6 aromatic rings. The van der Waals surface area contributed by atoms with Crippen LogP contribution in [-0.4, -0.2) is 44.1 Å². The third-order valence-electron chi connectivity index (χ3n) is 10.9. The molecule has 0 N–H and O–H groups in total. The van der Waals surface area contributed by atoms with Gasteiger partial charge in [-0.1, -0.05) is 72.8 Å².